The molecular weight excluding hydrogens is 220 g/mol. The van der Waals surface area contributed by atoms with Crippen LogP contribution in [0.15, 0.2) is 35.8 Å². The number of benzene rings is 1. The Morgan fingerprint density at radius 1 is 1.39 bits per heavy atom. The lowest BCUT2D eigenvalue weighted by Crippen LogP contribution is -2.24. The summed E-state index contributed by atoms with van der Waals surface area (Å²) >= 11 is 0. The maximum absolute atomic E-state index is 4.27. The van der Waals surface area contributed by atoms with Gasteiger partial charge >= 0.3 is 0 Å². The van der Waals surface area contributed by atoms with Gasteiger partial charge in [0, 0.05) is 25.5 Å². The van der Waals surface area contributed by atoms with Crippen molar-refractivity contribution in [2.45, 2.75) is 33.2 Å². The highest BCUT2D eigenvalue weighted by Gasteiger charge is 2.13. The number of aliphatic imine (C=N–C) groups is 1. The highest BCUT2D eigenvalue weighted by molar-refractivity contribution is 5.70. The van der Waals surface area contributed by atoms with Gasteiger partial charge in [0.05, 0.1) is 6.54 Å². The molecule has 0 aromatic heterocycles. The van der Waals surface area contributed by atoms with E-state index in [0.717, 1.165) is 6.54 Å². The van der Waals surface area contributed by atoms with Crippen molar-refractivity contribution in [3.63, 3.8) is 0 Å². The summed E-state index contributed by atoms with van der Waals surface area (Å²) in [6.45, 7) is 9.54. The van der Waals surface area contributed by atoms with Crippen molar-refractivity contribution in [2.75, 3.05) is 18.5 Å². The van der Waals surface area contributed by atoms with Gasteiger partial charge in [0.2, 0.25) is 0 Å². The van der Waals surface area contributed by atoms with Crippen LogP contribution in [0.2, 0.25) is 0 Å². The number of allylic oxidation sites excluding steroid dienone is 1. The largest absolute Gasteiger partial charge is 0.374 e. The minimum Gasteiger partial charge on any atom is -0.374 e. The molecule has 98 valence electrons. The molecule has 2 nitrogen and oxygen atoms in total. The molecule has 1 heterocycles. The van der Waals surface area contributed by atoms with Crippen LogP contribution in [0.1, 0.15) is 31.4 Å². The maximum atomic E-state index is 4.27. The third kappa shape index (κ3) is 3.73. The molecule has 0 unspecified atom stereocenters. The Balaban J connectivity index is 0.000000771. The quantitative estimate of drug-likeness (QED) is 0.737. The van der Waals surface area contributed by atoms with E-state index in [4.69, 9.17) is 0 Å². The van der Waals surface area contributed by atoms with Crippen LogP contribution >= 0.6 is 0 Å². The molecule has 2 heteroatoms. The Hall–Kier alpha value is -1.57. The molecule has 0 atom stereocenters. The lowest BCUT2D eigenvalue weighted by atomic mass is 10.00. The van der Waals surface area contributed by atoms with Gasteiger partial charge in [-0.2, -0.15) is 0 Å². The minimum atomic E-state index is 0.753. The molecule has 0 saturated carbocycles. The zero-order valence-corrected chi connectivity index (χ0v) is 11.8. The van der Waals surface area contributed by atoms with Crippen molar-refractivity contribution in [1.82, 2.24) is 0 Å². The zero-order chi connectivity index (χ0) is 13.4. The fraction of sp³-hybridized carbons (Fsp3) is 0.438. The number of aryl methyl sites for hydroxylation is 1. The summed E-state index contributed by atoms with van der Waals surface area (Å²) in [5.41, 5.74) is 4.12. The fourth-order valence-electron chi connectivity index (χ4n) is 2.17. The Morgan fingerprint density at radius 3 is 2.89 bits per heavy atom. The summed E-state index contributed by atoms with van der Waals surface area (Å²) in [6, 6.07) is 6.67. The van der Waals surface area contributed by atoms with Crippen molar-refractivity contribution < 1.29 is 0 Å². The van der Waals surface area contributed by atoms with Crippen LogP contribution in [-0.4, -0.2) is 19.8 Å². The van der Waals surface area contributed by atoms with Gasteiger partial charge < -0.3 is 4.90 Å². The Morgan fingerprint density at radius 2 is 2.17 bits per heavy atom. The molecule has 0 radical (unpaired) electrons. The lowest BCUT2D eigenvalue weighted by molar-refractivity contribution is 0.743. The van der Waals surface area contributed by atoms with E-state index in [0.29, 0.717) is 0 Å². The van der Waals surface area contributed by atoms with Gasteiger partial charge in [-0.15, -0.1) is 0 Å². The summed E-state index contributed by atoms with van der Waals surface area (Å²) in [5, 5.41) is 0. The normalized spacial score (nSPS) is 13.8. The van der Waals surface area contributed by atoms with Crippen molar-refractivity contribution in [1.29, 1.82) is 0 Å². The second kappa shape index (κ2) is 7.70. The molecule has 2 rings (SSSR count). The summed E-state index contributed by atoms with van der Waals surface area (Å²) < 4.78 is 0. The van der Waals surface area contributed by atoms with Crippen molar-refractivity contribution in [2.24, 2.45) is 4.99 Å². The maximum Gasteiger partial charge on any atom is 0.0639 e. The number of anilines is 1. The predicted octanol–water partition coefficient (Wildman–Crippen LogP) is 3.85. The van der Waals surface area contributed by atoms with Crippen molar-refractivity contribution >= 4 is 11.9 Å². The molecule has 0 aliphatic carbocycles. The Labute approximate surface area is 111 Å². The summed E-state index contributed by atoms with van der Waals surface area (Å²) in [7, 11) is 2.16. The molecule has 0 fully saturated rings. The smallest absolute Gasteiger partial charge is 0.0639 e. The highest BCUT2D eigenvalue weighted by atomic mass is 15.1. The molecular formula is C16H24N2. The molecule has 1 aliphatic heterocycles. The molecule has 0 saturated heterocycles. The molecule has 1 aliphatic rings. The second-order valence-corrected chi connectivity index (χ2v) is 4.21. The third-order valence-electron chi connectivity index (χ3n) is 2.98. The van der Waals surface area contributed by atoms with Crippen molar-refractivity contribution in [3.05, 3.63) is 42.0 Å². The van der Waals surface area contributed by atoms with Gasteiger partial charge in [-0.1, -0.05) is 38.6 Å². The summed E-state index contributed by atoms with van der Waals surface area (Å²) in [5.74, 6) is 0. The first-order valence-electron chi connectivity index (χ1n) is 6.75. The first-order chi connectivity index (χ1) is 8.81. The number of nitrogens with zero attached hydrogens (tertiary/aromatic N) is 2. The van der Waals surface area contributed by atoms with Gasteiger partial charge in [-0.05, 0) is 30.0 Å². The van der Waals surface area contributed by atoms with E-state index in [-0.39, 0.29) is 0 Å². The first-order valence-corrected chi connectivity index (χ1v) is 6.75. The molecule has 0 bridgehead atoms. The van der Waals surface area contributed by atoms with Crippen LogP contribution in [0, 0.1) is 0 Å². The van der Waals surface area contributed by atoms with Gasteiger partial charge in [0.25, 0.3) is 0 Å². The second-order valence-electron chi connectivity index (χ2n) is 4.21. The number of hydrogen-bond acceptors (Lipinski definition) is 2. The zero-order valence-electron chi connectivity index (χ0n) is 11.8. The third-order valence-corrected chi connectivity index (χ3v) is 2.98. The van der Waals surface area contributed by atoms with E-state index in [1.54, 1.807) is 12.3 Å². The number of rotatable bonds is 3. The van der Waals surface area contributed by atoms with Gasteiger partial charge in [-0.3, -0.25) is 4.99 Å². The SMILES string of the molecule is C=CC=NCc1ccc2c(c1)CCCN2C.CC. The highest BCUT2D eigenvalue weighted by Crippen LogP contribution is 2.26. The number of hydrogen-bond donors (Lipinski definition) is 0. The van der Waals surface area contributed by atoms with Gasteiger partial charge in [0.1, 0.15) is 0 Å². The summed E-state index contributed by atoms with van der Waals surface area (Å²) in [6.07, 6.45) is 5.92. The predicted molar refractivity (Wildman–Crippen MR) is 81.8 cm³/mol. The fourth-order valence-corrected chi connectivity index (χ4v) is 2.17. The lowest BCUT2D eigenvalue weighted by Gasteiger charge is -2.27. The first kappa shape index (κ1) is 14.5. The topological polar surface area (TPSA) is 15.6 Å². The molecule has 0 N–H and O–H groups in total. The van der Waals surface area contributed by atoms with E-state index in [2.05, 4.69) is 41.7 Å². The Kier molecular flexibility index (Phi) is 6.20. The van der Waals surface area contributed by atoms with Crippen LogP contribution in [0.3, 0.4) is 0 Å². The minimum absolute atomic E-state index is 0.753. The van der Waals surface area contributed by atoms with Crippen LogP contribution in [0.5, 0.6) is 0 Å². The van der Waals surface area contributed by atoms with Crippen LogP contribution in [-0.2, 0) is 13.0 Å². The van der Waals surface area contributed by atoms with E-state index >= 15 is 0 Å². The van der Waals surface area contributed by atoms with E-state index in [1.807, 2.05) is 13.8 Å². The van der Waals surface area contributed by atoms with E-state index in [1.165, 1.54) is 36.2 Å². The van der Waals surface area contributed by atoms with Crippen LogP contribution < -0.4 is 4.90 Å². The van der Waals surface area contributed by atoms with E-state index < -0.39 is 0 Å². The standard InChI is InChI=1S/C14H18N2.C2H6/c1-3-8-15-11-12-6-7-14-13(10-12)5-4-9-16(14)2;1-2/h3,6-8,10H,1,4-5,9,11H2,2H3;1-2H3. The summed E-state index contributed by atoms with van der Waals surface area (Å²) in [4.78, 5) is 6.60. The molecule has 0 spiro atoms. The molecule has 1 aromatic rings. The van der Waals surface area contributed by atoms with E-state index in [9.17, 15) is 0 Å². The average molecular weight is 244 g/mol. The van der Waals surface area contributed by atoms with Gasteiger partial charge in [-0.25, -0.2) is 0 Å². The monoisotopic (exact) mass is 244 g/mol. The Bertz CT molecular complexity index is 408. The average Bonchev–Trinajstić information content (AvgIpc) is 2.42. The van der Waals surface area contributed by atoms with Gasteiger partial charge in [0.15, 0.2) is 0 Å². The molecule has 18 heavy (non-hydrogen) atoms. The molecule has 0 amide bonds. The van der Waals surface area contributed by atoms with Crippen LogP contribution in [0.25, 0.3) is 0 Å². The molecule has 1 aromatic carbocycles. The number of fused-ring (bicyclic) bond motifs is 1. The van der Waals surface area contributed by atoms with Crippen molar-refractivity contribution in [3.8, 4) is 0 Å². The van der Waals surface area contributed by atoms with Crippen LogP contribution in [0.4, 0.5) is 5.69 Å².